The van der Waals surface area contributed by atoms with Gasteiger partial charge < -0.3 is 10.3 Å². The van der Waals surface area contributed by atoms with Crippen LogP contribution in [0.2, 0.25) is 0 Å². The van der Waals surface area contributed by atoms with Crippen molar-refractivity contribution >= 4 is 16.9 Å². The van der Waals surface area contributed by atoms with Crippen LogP contribution in [0.25, 0.3) is 11.0 Å². The lowest BCUT2D eigenvalue weighted by Crippen LogP contribution is -2.50. The van der Waals surface area contributed by atoms with E-state index in [2.05, 4.69) is 4.90 Å². The van der Waals surface area contributed by atoms with Gasteiger partial charge >= 0.3 is 0 Å². The minimum Gasteiger partial charge on any atom is -0.366 e. The molecular weight excluding hydrogens is 460 g/mol. The lowest BCUT2D eigenvalue weighted by Gasteiger charge is -2.45. The molecule has 3 heterocycles. The van der Waals surface area contributed by atoms with Crippen LogP contribution in [0.5, 0.6) is 0 Å². The molecule has 2 saturated heterocycles. The molecule has 2 aliphatic heterocycles. The average molecular weight is 499 g/mol. The number of rotatable bonds is 5. The largest absolute Gasteiger partial charge is 0.366 e. The summed E-state index contributed by atoms with van der Waals surface area (Å²) in [5.74, 6) is -0.477. The van der Waals surface area contributed by atoms with Gasteiger partial charge in [0.15, 0.2) is 0 Å². The predicted molar refractivity (Wildman–Crippen MR) is 147 cm³/mol. The highest BCUT2D eigenvalue weighted by atomic mass is 16.1. The number of fused-ring (bicyclic) bond motifs is 3. The molecule has 2 N–H and O–H groups in total. The maximum atomic E-state index is 14.0. The van der Waals surface area contributed by atoms with Crippen LogP contribution in [0.1, 0.15) is 98.3 Å². The predicted octanol–water partition coefficient (Wildman–Crippen LogP) is 5.37. The smallest absolute Gasteiger partial charge is 0.273 e. The molecule has 1 aromatic heterocycles. The number of piperidine rings is 1. The molecule has 6 rings (SSSR count). The summed E-state index contributed by atoms with van der Waals surface area (Å²) in [7, 11) is 0. The SMILES string of the molecule is NC(=O)c1ccccc1Cc1nc2ccccc2n(C2C[C@H]3CC[C@@H](C2)N3C2CCCCCCC2)c1=O. The van der Waals surface area contributed by atoms with Crippen molar-refractivity contribution in [2.75, 3.05) is 0 Å². The highest BCUT2D eigenvalue weighted by Gasteiger charge is 2.44. The number of nitrogens with two attached hydrogens (primary N) is 1. The van der Waals surface area contributed by atoms with Gasteiger partial charge in [0.25, 0.3) is 5.56 Å². The van der Waals surface area contributed by atoms with Crippen molar-refractivity contribution < 1.29 is 4.79 Å². The molecule has 0 radical (unpaired) electrons. The van der Waals surface area contributed by atoms with Gasteiger partial charge in [-0.05, 0) is 62.3 Å². The molecule has 194 valence electrons. The van der Waals surface area contributed by atoms with Crippen molar-refractivity contribution in [2.45, 2.75) is 101 Å². The number of hydrogen-bond donors (Lipinski definition) is 1. The van der Waals surface area contributed by atoms with Crippen LogP contribution >= 0.6 is 0 Å². The summed E-state index contributed by atoms with van der Waals surface area (Å²) >= 11 is 0. The van der Waals surface area contributed by atoms with Gasteiger partial charge in [-0.2, -0.15) is 0 Å². The summed E-state index contributed by atoms with van der Waals surface area (Å²) in [6.07, 6.45) is 14.4. The van der Waals surface area contributed by atoms with Crippen LogP contribution in [-0.4, -0.2) is 38.5 Å². The first-order valence-corrected chi connectivity index (χ1v) is 14.3. The Hall–Kier alpha value is -2.99. The zero-order valence-corrected chi connectivity index (χ0v) is 21.6. The summed E-state index contributed by atoms with van der Waals surface area (Å²) < 4.78 is 2.05. The van der Waals surface area contributed by atoms with E-state index in [-0.39, 0.29) is 11.6 Å². The first-order valence-electron chi connectivity index (χ1n) is 14.3. The Morgan fingerprint density at radius 3 is 2.19 bits per heavy atom. The lowest BCUT2D eigenvalue weighted by atomic mass is 9.89. The van der Waals surface area contributed by atoms with Gasteiger partial charge in [-0.15, -0.1) is 0 Å². The standard InChI is InChI=1S/C31H38N4O2/c32-30(36)26-13-7-6-10-21(26)18-28-31(37)35(29-15-9-8-14-27(29)33-28)25-19-23-16-17-24(20-25)34(23)22-11-4-2-1-3-5-12-22/h6-10,13-15,22-25H,1-5,11-12,16-20H2,(H2,32,36)/t23-,24+,25?. The van der Waals surface area contributed by atoms with E-state index < -0.39 is 5.91 Å². The van der Waals surface area contributed by atoms with Gasteiger partial charge in [0.05, 0.1) is 11.0 Å². The topological polar surface area (TPSA) is 81.2 Å². The van der Waals surface area contributed by atoms with Gasteiger partial charge in [0, 0.05) is 36.2 Å². The molecule has 2 aromatic carbocycles. The Kier molecular flexibility index (Phi) is 6.85. The third-order valence-corrected chi connectivity index (χ3v) is 9.13. The molecule has 3 aromatic rings. The molecular formula is C31H38N4O2. The van der Waals surface area contributed by atoms with Crippen molar-refractivity contribution in [3.05, 3.63) is 75.7 Å². The fraction of sp³-hybridized carbons (Fsp3) is 0.516. The summed E-state index contributed by atoms with van der Waals surface area (Å²) in [6.45, 7) is 0. The van der Waals surface area contributed by atoms with Crippen molar-refractivity contribution in [1.29, 1.82) is 0 Å². The Labute approximate surface area is 218 Å². The first-order chi connectivity index (χ1) is 18.1. The fourth-order valence-electron chi connectivity index (χ4n) is 7.50. The third kappa shape index (κ3) is 4.72. The minimum atomic E-state index is -0.477. The van der Waals surface area contributed by atoms with Crippen LogP contribution < -0.4 is 11.3 Å². The number of para-hydroxylation sites is 2. The van der Waals surface area contributed by atoms with E-state index >= 15 is 0 Å². The van der Waals surface area contributed by atoms with Crippen molar-refractivity contribution in [3.8, 4) is 0 Å². The molecule has 1 saturated carbocycles. The van der Waals surface area contributed by atoms with Crippen LogP contribution in [0.4, 0.5) is 0 Å². The van der Waals surface area contributed by atoms with Crippen LogP contribution in [-0.2, 0) is 6.42 Å². The second-order valence-corrected chi connectivity index (χ2v) is 11.4. The summed E-state index contributed by atoms with van der Waals surface area (Å²) in [4.78, 5) is 33.7. The molecule has 0 spiro atoms. The van der Waals surface area contributed by atoms with E-state index in [9.17, 15) is 9.59 Å². The second-order valence-electron chi connectivity index (χ2n) is 11.4. The van der Waals surface area contributed by atoms with E-state index in [1.807, 2.05) is 41.0 Å². The number of carbonyl (C=O) groups is 1. The zero-order chi connectivity index (χ0) is 25.4. The van der Waals surface area contributed by atoms with E-state index in [0.717, 1.165) is 29.4 Å². The van der Waals surface area contributed by atoms with E-state index in [4.69, 9.17) is 10.7 Å². The van der Waals surface area contributed by atoms with E-state index in [1.54, 1.807) is 12.1 Å². The maximum absolute atomic E-state index is 14.0. The van der Waals surface area contributed by atoms with E-state index in [0.29, 0.717) is 35.8 Å². The van der Waals surface area contributed by atoms with Crippen molar-refractivity contribution in [1.82, 2.24) is 14.5 Å². The Morgan fingerprint density at radius 2 is 1.46 bits per heavy atom. The lowest BCUT2D eigenvalue weighted by molar-refractivity contribution is 0.0497. The average Bonchev–Trinajstić information content (AvgIpc) is 3.13. The molecule has 1 unspecified atom stereocenters. The van der Waals surface area contributed by atoms with E-state index in [1.165, 1.54) is 57.8 Å². The first kappa shape index (κ1) is 24.4. The van der Waals surface area contributed by atoms with Gasteiger partial charge in [0.1, 0.15) is 5.69 Å². The Bertz CT molecular complexity index is 1330. The number of benzene rings is 2. The molecule has 3 atom stereocenters. The molecule has 6 nitrogen and oxygen atoms in total. The van der Waals surface area contributed by atoms with Gasteiger partial charge in [-0.3, -0.25) is 14.5 Å². The highest BCUT2D eigenvalue weighted by Crippen LogP contribution is 2.44. The molecule has 1 aliphatic carbocycles. The van der Waals surface area contributed by atoms with Crippen LogP contribution in [0, 0.1) is 0 Å². The fourth-order valence-corrected chi connectivity index (χ4v) is 7.50. The molecule has 3 aliphatic rings. The second kappa shape index (κ2) is 10.4. The van der Waals surface area contributed by atoms with Crippen LogP contribution in [0.15, 0.2) is 53.3 Å². The molecule has 6 heteroatoms. The zero-order valence-electron chi connectivity index (χ0n) is 21.6. The number of hydrogen-bond acceptors (Lipinski definition) is 4. The van der Waals surface area contributed by atoms with Crippen LogP contribution in [0.3, 0.4) is 0 Å². The summed E-state index contributed by atoms with van der Waals surface area (Å²) in [6, 6.07) is 17.3. The molecule has 2 bridgehead atoms. The van der Waals surface area contributed by atoms with Gasteiger partial charge in [-0.1, -0.05) is 62.4 Å². The van der Waals surface area contributed by atoms with Gasteiger partial charge in [0.2, 0.25) is 5.91 Å². The Balaban J connectivity index is 1.34. The molecule has 1 amide bonds. The summed E-state index contributed by atoms with van der Waals surface area (Å²) in [5, 5.41) is 0. The number of amides is 1. The summed E-state index contributed by atoms with van der Waals surface area (Å²) in [5.41, 5.74) is 9.05. The number of carbonyl (C=O) groups excluding carboxylic acids is 1. The molecule has 3 fully saturated rings. The Morgan fingerprint density at radius 1 is 0.811 bits per heavy atom. The monoisotopic (exact) mass is 498 g/mol. The van der Waals surface area contributed by atoms with Gasteiger partial charge in [-0.25, -0.2) is 4.98 Å². The quantitative estimate of drug-likeness (QED) is 0.513. The van der Waals surface area contributed by atoms with Crippen molar-refractivity contribution in [2.24, 2.45) is 5.73 Å². The third-order valence-electron chi connectivity index (χ3n) is 9.13. The number of nitrogens with zero attached hydrogens (tertiary/aromatic N) is 3. The number of primary amides is 1. The normalized spacial score (nSPS) is 25.1. The maximum Gasteiger partial charge on any atom is 0.273 e. The minimum absolute atomic E-state index is 0.0261. The molecule has 37 heavy (non-hydrogen) atoms. The number of aromatic nitrogens is 2. The highest BCUT2D eigenvalue weighted by molar-refractivity contribution is 5.94. The van der Waals surface area contributed by atoms with Crippen molar-refractivity contribution in [3.63, 3.8) is 0 Å².